The molecular weight excluding hydrogens is 244 g/mol. The lowest BCUT2D eigenvalue weighted by Gasteiger charge is -2.15. The van der Waals surface area contributed by atoms with E-state index in [0.29, 0.717) is 5.75 Å². The standard InChI is InChI=1S/C12H15F2NO3/c1-8-3-4-10(18-2)9(5-8)11(17)15-6-12(13,14)7-16/h3-5,16H,6-7H2,1-2H3,(H,15,17). The van der Waals surface area contributed by atoms with E-state index in [9.17, 15) is 13.6 Å². The van der Waals surface area contributed by atoms with Crippen LogP contribution in [0.5, 0.6) is 5.75 Å². The number of carbonyl (C=O) groups excluding carboxylic acids is 1. The van der Waals surface area contributed by atoms with Crippen molar-refractivity contribution in [3.8, 4) is 5.75 Å². The molecule has 0 saturated heterocycles. The Morgan fingerprint density at radius 2 is 2.17 bits per heavy atom. The Kier molecular flexibility index (Phi) is 4.61. The van der Waals surface area contributed by atoms with E-state index in [2.05, 4.69) is 5.32 Å². The van der Waals surface area contributed by atoms with E-state index >= 15 is 0 Å². The first-order valence-electron chi connectivity index (χ1n) is 5.31. The normalized spacial score (nSPS) is 11.2. The molecule has 0 unspecified atom stereocenters. The maximum Gasteiger partial charge on any atom is 0.287 e. The molecule has 1 aromatic carbocycles. The first-order chi connectivity index (χ1) is 8.39. The fraction of sp³-hybridized carbons (Fsp3) is 0.417. The van der Waals surface area contributed by atoms with Gasteiger partial charge in [0.1, 0.15) is 12.4 Å². The molecule has 0 radical (unpaired) electrons. The van der Waals surface area contributed by atoms with Crippen LogP contribution < -0.4 is 10.1 Å². The van der Waals surface area contributed by atoms with Gasteiger partial charge in [-0.25, -0.2) is 8.78 Å². The van der Waals surface area contributed by atoms with Crippen LogP contribution in [0.3, 0.4) is 0 Å². The average molecular weight is 259 g/mol. The molecule has 0 spiro atoms. The molecule has 1 aromatic rings. The van der Waals surface area contributed by atoms with Crippen molar-refractivity contribution in [3.63, 3.8) is 0 Å². The molecule has 0 aliphatic heterocycles. The molecule has 2 N–H and O–H groups in total. The summed E-state index contributed by atoms with van der Waals surface area (Å²) >= 11 is 0. The van der Waals surface area contributed by atoms with Gasteiger partial charge in [0.25, 0.3) is 11.8 Å². The molecule has 0 saturated carbocycles. The molecule has 0 aliphatic rings. The van der Waals surface area contributed by atoms with Gasteiger partial charge >= 0.3 is 0 Å². The summed E-state index contributed by atoms with van der Waals surface area (Å²) in [6.45, 7) is -0.448. The zero-order valence-corrected chi connectivity index (χ0v) is 10.2. The summed E-state index contributed by atoms with van der Waals surface area (Å²) in [5.74, 6) is -3.68. The van der Waals surface area contributed by atoms with E-state index in [4.69, 9.17) is 9.84 Å². The minimum absolute atomic E-state index is 0.186. The molecule has 1 rings (SSSR count). The minimum Gasteiger partial charge on any atom is -0.496 e. The second kappa shape index (κ2) is 5.77. The number of carbonyl (C=O) groups is 1. The van der Waals surface area contributed by atoms with Gasteiger partial charge in [0, 0.05) is 0 Å². The Morgan fingerprint density at radius 3 is 2.72 bits per heavy atom. The van der Waals surface area contributed by atoms with Gasteiger partial charge in [0.2, 0.25) is 0 Å². The Bertz CT molecular complexity index is 435. The Labute approximate surface area is 104 Å². The number of aliphatic hydroxyl groups excluding tert-OH is 1. The van der Waals surface area contributed by atoms with E-state index in [1.165, 1.54) is 7.11 Å². The van der Waals surface area contributed by atoms with Gasteiger partial charge in [-0.3, -0.25) is 4.79 Å². The predicted molar refractivity (Wildman–Crippen MR) is 62.1 cm³/mol. The lowest BCUT2D eigenvalue weighted by molar-refractivity contribution is -0.0462. The number of methoxy groups -OCH3 is 1. The van der Waals surface area contributed by atoms with Crippen LogP contribution in [0.4, 0.5) is 8.78 Å². The van der Waals surface area contributed by atoms with Crippen molar-refractivity contribution in [2.45, 2.75) is 12.8 Å². The molecule has 0 aromatic heterocycles. The molecule has 0 aliphatic carbocycles. The monoisotopic (exact) mass is 259 g/mol. The van der Waals surface area contributed by atoms with Crippen LogP contribution in [0.2, 0.25) is 0 Å². The van der Waals surface area contributed by atoms with Gasteiger partial charge < -0.3 is 15.2 Å². The van der Waals surface area contributed by atoms with Crippen LogP contribution in [0, 0.1) is 6.92 Å². The summed E-state index contributed by atoms with van der Waals surface area (Å²) in [4.78, 5) is 11.7. The number of rotatable bonds is 5. The third-order valence-electron chi connectivity index (χ3n) is 2.34. The molecule has 0 fully saturated rings. The van der Waals surface area contributed by atoms with Crippen molar-refractivity contribution in [3.05, 3.63) is 29.3 Å². The minimum atomic E-state index is -3.33. The van der Waals surface area contributed by atoms with Crippen molar-refractivity contribution in [2.75, 3.05) is 20.3 Å². The van der Waals surface area contributed by atoms with Gasteiger partial charge in [-0.1, -0.05) is 11.6 Å². The zero-order valence-electron chi connectivity index (χ0n) is 10.2. The summed E-state index contributed by atoms with van der Waals surface area (Å²) in [7, 11) is 1.39. The Morgan fingerprint density at radius 1 is 1.50 bits per heavy atom. The number of aliphatic hydroxyl groups is 1. The van der Waals surface area contributed by atoms with Crippen molar-refractivity contribution < 1.29 is 23.4 Å². The number of halogens is 2. The maximum absolute atomic E-state index is 12.8. The maximum atomic E-state index is 12.8. The van der Waals surface area contributed by atoms with Crippen LogP contribution >= 0.6 is 0 Å². The van der Waals surface area contributed by atoms with Gasteiger partial charge in [0.15, 0.2) is 0 Å². The SMILES string of the molecule is COc1ccc(C)cc1C(=O)NCC(F)(F)CO. The highest BCUT2D eigenvalue weighted by Gasteiger charge is 2.28. The van der Waals surface area contributed by atoms with Crippen LogP contribution in [-0.4, -0.2) is 37.2 Å². The summed E-state index contributed by atoms with van der Waals surface area (Å²) in [5, 5.41) is 10.5. The molecule has 4 nitrogen and oxygen atoms in total. The average Bonchev–Trinajstić information content (AvgIpc) is 2.36. The van der Waals surface area contributed by atoms with Gasteiger partial charge in [-0.05, 0) is 19.1 Å². The van der Waals surface area contributed by atoms with E-state index in [-0.39, 0.29) is 5.56 Å². The summed E-state index contributed by atoms with van der Waals surface area (Å²) in [5.41, 5.74) is 1.00. The van der Waals surface area contributed by atoms with Gasteiger partial charge in [-0.15, -0.1) is 0 Å². The van der Waals surface area contributed by atoms with Crippen LogP contribution in [0.25, 0.3) is 0 Å². The number of hydrogen-bond acceptors (Lipinski definition) is 3. The molecule has 0 bridgehead atoms. The molecule has 100 valence electrons. The second-order valence-corrected chi connectivity index (χ2v) is 3.90. The van der Waals surface area contributed by atoms with E-state index in [1.54, 1.807) is 25.1 Å². The number of alkyl halides is 2. The highest BCUT2D eigenvalue weighted by molar-refractivity contribution is 5.97. The highest BCUT2D eigenvalue weighted by atomic mass is 19.3. The zero-order chi connectivity index (χ0) is 13.8. The fourth-order valence-corrected chi connectivity index (χ4v) is 1.36. The van der Waals surface area contributed by atoms with Crippen molar-refractivity contribution in [2.24, 2.45) is 0 Å². The number of aryl methyl sites for hydroxylation is 1. The lowest BCUT2D eigenvalue weighted by atomic mass is 10.1. The largest absolute Gasteiger partial charge is 0.496 e. The van der Waals surface area contributed by atoms with Gasteiger partial charge in [0.05, 0.1) is 19.2 Å². The first-order valence-corrected chi connectivity index (χ1v) is 5.31. The summed E-state index contributed by atoms with van der Waals surface area (Å²) < 4.78 is 30.6. The molecule has 0 atom stereocenters. The quantitative estimate of drug-likeness (QED) is 0.839. The third kappa shape index (κ3) is 3.66. The molecule has 0 heterocycles. The first kappa shape index (κ1) is 14.4. The number of benzene rings is 1. The van der Waals surface area contributed by atoms with Crippen molar-refractivity contribution >= 4 is 5.91 Å². The Balaban J connectivity index is 2.81. The van der Waals surface area contributed by atoms with Gasteiger partial charge in [-0.2, -0.15) is 0 Å². The van der Waals surface area contributed by atoms with Crippen LogP contribution in [-0.2, 0) is 0 Å². The third-order valence-corrected chi connectivity index (χ3v) is 2.34. The van der Waals surface area contributed by atoms with E-state index in [0.717, 1.165) is 5.56 Å². The van der Waals surface area contributed by atoms with Crippen LogP contribution in [0.15, 0.2) is 18.2 Å². The summed E-state index contributed by atoms with van der Waals surface area (Å²) in [6, 6.07) is 4.89. The smallest absolute Gasteiger partial charge is 0.287 e. The fourth-order valence-electron chi connectivity index (χ4n) is 1.36. The topological polar surface area (TPSA) is 58.6 Å². The lowest BCUT2D eigenvalue weighted by Crippen LogP contribution is -2.39. The number of amides is 1. The van der Waals surface area contributed by atoms with E-state index < -0.39 is 25.0 Å². The van der Waals surface area contributed by atoms with Crippen LogP contribution in [0.1, 0.15) is 15.9 Å². The molecular formula is C12H15F2NO3. The second-order valence-electron chi connectivity index (χ2n) is 3.90. The Hall–Kier alpha value is -1.69. The molecule has 1 amide bonds. The highest BCUT2D eigenvalue weighted by Crippen LogP contribution is 2.20. The number of hydrogen-bond donors (Lipinski definition) is 2. The predicted octanol–water partition coefficient (Wildman–Crippen LogP) is 1.36. The number of ether oxygens (including phenoxy) is 1. The molecule has 6 heteroatoms. The van der Waals surface area contributed by atoms with Crippen molar-refractivity contribution in [1.82, 2.24) is 5.32 Å². The molecule has 18 heavy (non-hydrogen) atoms. The van der Waals surface area contributed by atoms with E-state index in [1.807, 2.05) is 0 Å². The number of nitrogens with one attached hydrogen (secondary N) is 1. The summed E-state index contributed by atoms with van der Waals surface area (Å²) in [6.07, 6.45) is 0. The van der Waals surface area contributed by atoms with Crippen molar-refractivity contribution in [1.29, 1.82) is 0 Å².